The second-order valence-corrected chi connectivity index (χ2v) is 10.0. The number of rotatable bonds is 5. The van der Waals surface area contributed by atoms with Crippen molar-refractivity contribution in [1.82, 2.24) is 0 Å². The molecule has 3 N–H and O–H groups in total. The van der Waals surface area contributed by atoms with Crippen LogP contribution in [0.3, 0.4) is 0 Å². The molecular weight excluding hydrogens is 194 g/mol. The molecule has 0 saturated heterocycles. The zero-order valence-electron chi connectivity index (χ0n) is 10.1. The summed E-state index contributed by atoms with van der Waals surface area (Å²) in [7, 11) is -1.72. The van der Waals surface area contributed by atoms with Gasteiger partial charge in [0.25, 0.3) is 0 Å². The summed E-state index contributed by atoms with van der Waals surface area (Å²) in [4.78, 5) is 0. The lowest BCUT2D eigenvalue weighted by Crippen LogP contribution is -2.46. The molecule has 0 aromatic rings. The predicted molar refractivity (Wildman–Crippen MR) is 62.8 cm³/mol. The van der Waals surface area contributed by atoms with Gasteiger partial charge in [0.2, 0.25) is 0 Å². The maximum absolute atomic E-state index is 8.85. The molecule has 0 aromatic carbocycles. The monoisotopic (exact) mass is 219 g/mol. The minimum Gasteiger partial charge on any atom is -0.413 e. The zero-order valence-corrected chi connectivity index (χ0v) is 11.1. The maximum Gasteiger partial charge on any atom is 0.192 e. The molecule has 0 heterocycles. The van der Waals surface area contributed by atoms with Crippen molar-refractivity contribution in [3.05, 3.63) is 0 Å². The van der Waals surface area contributed by atoms with E-state index in [1.807, 2.05) is 0 Å². The van der Waals surface area contributed by atoms with Gasteiger partial charge in [-0.05, 0) is 24.6 Å². The maximum atomic E-state index is 8.85. The number of hydrogen-bond donors (Lipinski definition) is 2. The van der Waals surface area contributed by atoms with E-state index in [4.69, 9.17) is 15.3 Å². The molecule has 0 radical (unpaired) electrons. The van der Waals surface area contributed by atoms with Crippen LogP contribution in [0, 0.1) is 0 Å². The third-order valence-electron chi connectivity index (χ3n) is 2.98. The molecule has 0 aliphatic rings. The van der Waals surface area contributed by atoms with Crippen molar-refractivity contribution in [3.8, 4) is 0 Å². The van der Waals surface area contributed by atoms with Crippen molar-refractivity contribution >= 4 is 8.32 Å². The van der Waals surface area contributed by atoms with E-state index in [9.17, 15) is 0 Å². The summed E-state index contributed by atoms with van der Waals surface area (Å²) in [6.45, 7) is 11.6. The fourth-order valence-corrected chi connectivity index (χ4v) is 2.36. The Morgan fingerprint density at radius 3 is 2.14 bits per heavy atom. The Kier molecular flexibility index (Phi) is 5.29. The first-order valence-electron chi connectivity index (χ1n) is 5.23. The molecule has 0 aliphatic heterocycles. The third-order valence-corrected chi connectivity index (χ3v) is 7.52. The fraction of sp³-hybridized carbons (Fsp3) is 1.00. The molecule has 86 valence electrons. The topological polar surface area (TPSA) is 55.5 Å². The highest BCUT2D eigenvalue weighted by atomic mass is 28.4. The van der Waals surface area contributed by atoms with E-state index in [1.165, 1.54) is 0 Å². The van der Waals surface area contributed by atoms with Crippen LogP contribution in [-0.4, -0.2) is 32.7 Å². The fourth-order valence-electron chi connectivity index (χ4n) is 0.962. The third kappa shape index (κ3) is 4.08. The molecular formula is C10H25NO2Si. The van der Waals surface area contributed by atoms with Crippen molar-refractivity contribution in [1.29, 1.82) is 0 Å². The molecule has 1 unspecified atom stereocenters. The van der Waals surface area contributed by atoms with E-state index in [-0.39, 0.29) is 17.7 Å². The Morgan fingerprint density at radius 2 is 1.86 bits per heavy atom. The van der Waals surface area contributed by atoms with Crippen LogP contribution in [0.25, 0.3) is 0 Å². The van der Waals surface area contributed by atoms with E-state index in [0.29, 0.717) is 13.0 Å². The molecule has 0 amide bonds. The minimum atomic E-state index is -1.72. The summed E-state index contributed by atoms with van der Waals surface area (Å²) < 4.78 is 6.05. The van der Waals surface area contributed by atoms with Gasteiger partial charge in [-0.25, -0.2) is 0 Å². The Morgan fingerprint density at radius 1 is 1.36 bits per heavy atom. The summed E-state index contributed by atoms with van der Waals surface area (Å²) in [6.07, 6.45) is 0.657. The van der Waals surface area contributed by atoms with E-state index < -0.39 is 8.32 Å². The molecule has 0 bridgehead atoms. The first kappa shape index (κ1) is 14.1. The molecule has 4 heteroatoms. The van der Waals surface area contributed by atoms with Gasteiger partial charge in [0.1, 0.15) is 0 Å². The highest BCUT2D eigenvalue weighted by molar-refractivity contribution is 6.74. The van der Waals surface area contributed by atoms with Crippen LogP contribution in [-0.2, 0) is 4.43 Å². The van der Waals surface area contributed by atoms with Crippen molar-refractivity contribution in [2.75, 3.05) is 13.2 Å². The Balaban J connectivity index is 4.32. The quantitative estimate of drug-likeness (QED) is 0.692. The van der Waals surface area contributed by atoms with Gasteiger partial charge in [0, 0.05) is 13.2 Å². The normalized spacial score (nSPS) is 15.6. The van der Waals surface area contributed by atoms with Gasteiger partial charge in [0.15, 0.2) is 8.32 Å². The molecule has 0 saturated carbocycles. The summed E-state index contributed by atoms with van der Waals surface area (Å²) in [5.74, 6) is 0. The van der Waals surface area contributed by atoms with Crippen LogP contribution in [0.4, 0.5) is 0 Å². The summed E-state index contributed by atoms with van der Waals surface area (Å²) in [5.41, 5.74) is 5.60. The van der Waals surface area contributed by atoms with Gasteiger partial charge in [-0.1, -0.05) is 20.8 Å². The van der Waals surface area contributed by atoms with Gasteiger partial charge >= 0.3 is 0 Å². The molecule has 3 nitrogen and oxygen atoms in total. The van der Waals surface area contributed by atoms with Crippen LogP contribution in [0.5, 0.6) is 0 Å². The molecule has 0 fully saturated rings. The van der Waals surface area contributed by atoms with Crippen molar-refractivity contribution < 1.29 is 9.53 Å². The standard InChI is InChI=1S/C10H25NO2Si/c1-10(2,3)14(4,5)13-9(8-11)6-7-12/h9,12H,6-8,11H2,1-5H3. The highest BCUT2D eigenvalue weighted by Gasteiger charge is 2.38. The smallest absolute Gasteiger partial charge is 0.192 e. The van der Waals surface area contributed by atoms with E-state index >= 15 is 0 Å². The van der Waals surface area contributed by atoms with Gasteiger partial charge < -0.3 is 15.3 Å². The Bertz CT molecular complexity index is 166. The lowest BCUT2D eigenvalue weighted by Gasteiger charge is -2.39. The molecule has 0 rings (SSSR count). The van der Waals surface area contributed by atoms with Crippen LogP contribution >= 0.6 is 0 Å². The summed E-state index contributed by atoms with van der Waals surface area (Å²) in [5, 5.41) is 9.05. The van der Waals surface area contributed by atoms with Gasteiger partial charge in [-0.2, -0.15) is 0 Å². The first-order chi connectivity index (χ1) is 6.24. The molecule has 0 aromatic heterocycles. The molecule has 0 spiro atoms. The van der Waals surface area contributed by atoms with E-state index in [0.717, 1.165) is 0 Å². The first-order valence-corrected chi connectivity index (χ1v) is 8.14. The van der Waals surface area contributed by atoms with Gasteiger partial charge in [-0.3, -0.25) is 0 Å². The van der Waals surface area contributed by atoms with Crippen molar-refractivity contribution in [2.24, 2.45) is 5.73 Å². The van der Waals surface area contributed by atoms with Crippen LogP contribution in [0.15, 0.2) is 0 Å². The van der Waals surface area contributed by atoms with Gasteiger partial charge in [-0.15, -0.1) is 0 Å². The number of nitrogens with two attached hydrogens (primary N) is 1. The Hall–Kier alpha value is 0.0969. The second-order valence-electron chi connectivity index (χ2n) is 5.25. The zero-order chi connectivity index (χ0) is 11.4. The lowest BCUT2D eigenvalue weighted by molar-refractivity contribution is 0.145. The van der Waals surface area contributed by atoms with Crippen LogP contribution in [0.1, 0.15) is 27.2 Å². The number of hydrogen-bond acceptors (Lipinski definition) is 3. The summed E-state index contributed by atoms with van der Waals surface area (Å²) >= 11 is 0. The van der Waals surface area contributed by atoms with Crippen LogP contribution < -0.4 is 5.73 Å². The molecule has 14 heavy (non-hydrogen) atoms. The van der Waals surface area contributed by atoms with E-state index in [1.54, 1.807) is 0 Å². The minimum absolute atomic E-state index is 0.0147. The average molecular weight is 219 g/mol. The number of aliphatic hydroxyl groups is 1. The largest absolute Gasteiger partial charge is 0.413 e. The summed E-state index contributed by atoms with van der Waals surface area (Å²) in [6, 6.07) is 0. The lowest BCUT2D eigenvalue weighted by atomic mass is 10.2. The molecule has 1 atom stereocenters. The van der Waals surface area contributed by atoms with Crippen LogP contribution in [0.2, 0.25) is 18.1 Å². The van der Waals surface area contributed by atoms with Crippen molar-refractivity contribution in [3.63, 3.8) is 0 Å². The SMILES string of the molecule is CC(C)(C)[Si](C)(C)OC(CN)CCO. The average Bonchev–Trinajstić information content (AvgIpc) is 2.01. The van der Waals surface area contributed by atoms with Gasteiger partial charge in [0.05, 0.1) is 6.10 Å². The Labute approximate surface area is 88.8 Å². The predicted octanol–water partition coefficient (Wildman–Crippen LogP) is 1.72. The highest BCUT2D eigenvalue weighted by Crippen LogP contribution is 2.37. The number of aliphatic hydroxyl groups excluding tert-OH is 1. The second kappa shape index (κ2) is 5.26. The molecule has 0 aliphatic carbocycles. The van der Waals surface area contributed by atoms with Crippen molar-refractivity contribution in [2.45, 2.75) is 51.4 Å². The van der Waals surface area contributed by atoms with E-state index in [2.05, 4.69) is 33.9 Å².